The molecular formula is C29H26N4O. The maximum Gasteiger partial charge on any atom is 0.253 e. The predicted octanol–water partition coefficient (Wildman–Crippen LogP) is 6.30. The summed E-state index contributed by atoms with van der Waals surface area (Å²) in [5, 5.41) is 4.12. The van der Waals surface area contributed by atoms with E-state index in [9.17, 15) is 4.79 Å². The molecule has 3 aromatic heterocycles. The van der Waals surface area contributed by atoms with Crippen molar-refractivity contribution >= 4 is 16.8 Å². The molecule has 5 aromatic rings. The number of hydrogen-bond acceptors (Lipinski definition) is 2. The van der Waals surface area contributed by atoms with E-state index in [1.165, 1.54) is 22.1 Å². The summed E-state index contributed by atoms with van der Waals surface area (Å²) in [5.41, 5.74) is 10.5. The first-order valence-corrected chi connectivity index (χ1v) is 11.7. The minimum atomic E-state index is -0.00802. The quantitative estimate of drug-likeness (QED) is 0.303. The van der Waals surface area contributed by atoms with Gasteiger partial charge in [-0.15, -0.1) is 0 Å². The average Bonchev–Trinajstić information content (AvgIpc) is 3.51. The lowest BCUT2D eigenvalue weighted by Crippen LogP contribution is -2.31. The Balaban J connectivity index is 1.44. The SMILES string of the molecule is CC(C)c1cc(-c2ccc3cc[nH]c3c2)cc(-c2cc(-c3cc4c([nH]3)CCNC4=O)ccn2)c1. The number of fused-ring (bicyclic) bond motifs is 2. The van der Waals surface area contributed by atoms with E-state index in [4.69, 9.17) is 4.98 Å². The van der Waals surface area contributed by atoms with E-state index in [-0.39, 0.29) is 5.91 Å². The summed E-state index contributed by atoms with van der Waals surface area (Å²) in [4.78, 5) is 23.7. The highest BCUT2D eigenvalue weighted by Gasteiger charge is 2.20. The molecule has 0 bridgehead atoms. The van der Waals surface area contributed by atoms with E-state index in [1.54, 1.807) is 0 Å². The lowest BCUT2D eigenvalue weighted by atomic mass is 9.93. The Labute approximate surface area is 198 Å². The molecule has 0 saturated carbocycles. The molecule has 3 N–H and O–H groups in total. The van der Waals surface area contributed by atoms with E-state index in [1.807, 2.05) is 24.5 Å². The molecule has 0 saturated heterocycles. The fourth-order valence-electron chi connectivity index (χ4n) is 4.73. The van der Waals surface area contributed by atoms with Crippen LogP contribution in [0.1, 0.15) is 41.4 Å². The van der Waals surface area contributed by atoms with Crippen LogP contribution in [-0.4, -0.2) is 27.4 Å². The van der Waals surface area contributed by atoms with Crippen molar-refractivity contribution in [2.24, 2.45) is 0 Å². The van der Waals surface area contributed by atoms with Crippen molar-refractivity contribution < 1.29 is 4.79 Å². The third kappa shape index (κ3) is 3.59. The normalized spacial score (nSPS) is 13.3. The molecule has 0 radical (unpaired) electrons. The number of H-pyrrole nitrogens is 2. The molecule has 5 heteroatoms. The van der Waals surface area contributed by atoms with Crippen LogP contribution in [0.5, 0.6) is 0 Å². The van der Waals surface area contributed by atoms with Gasteiger partial charge in [0, 0.05) is 53.4 Å². The predicted molar refractivity (Wildman–Crippen MR) is 137 cm³/mol. The number of amides is 1. The molecule has 6 rings (SSSR count). The Hall–Kier alpha value is -4.12. The highest BCUT2D eigenvalue weighted by molar-refractivity contribution is 5.98. The van der Waals surface area contributed by atoms with Gasteiger partial charge in [-0.25, -0.2) is 0 Å². The van der Waals surface area contributed by atoms with Crippen LogP contribution in [0.25, 0.3) is 44.5 Å². The van der Waals surface area contributed by atoms with Gasteiger partial charge < -0.3 is 15.3 Å². The number of nitrogens with zero attached hydrogens (tertiary/aromatic N) is 1. The number of nitrogens with one attached hydrogen (secondary N) is 3. The van der Waals surface area contributed by atoms with Gasteiger partial charge in [-0.1, -0.05) is 32.0 Å². The van der Waals surface area contributed by atoms with Crippen molar-refractivity contribution in [2.75, 3.05) is 6.54 Å². The molecule has 34 heavy (non-hydrogen) atoms. The van der Waals surface area contributed by atoms with E-state index in [2.05, 4.69) is 77.7 Å². The number of carbonyl (C=O) groups is 1. The van der Waals surface area contributed by atoms with Crippen molar-refractivity contribution in [2.45, 2.75) is 26.2 Å². The monoisotopic (exact) mass is 446 g/mol. The second-order valence-corrected chi connectivity index (χ2v) is 9.29. The molecule has 0 aliphatic carbocycles. The van der Waals surface area contributed by atoms with Gasteiger partial charge in [-0.05, 0) is 70.5 Å². The van der Waals surface area contributed by atoms with Gasteiger partial charge in [0.2, 0.25) is 0 Å². The summed E-state index contributed by atoms with van der Waals surface area (Å²) in [7, 11) is 0. The number of pyridine rings is 1. The molecule has 0 spiro atoms. The summed E-state index contributed by atoms with van der Waals surface area (Å²) in [6.45, 7) is 5.11. The van der Waals surface area contributed by atoms with Crippen molar-refractivity contribution in [3.8, 4) is 33.6 Å². The molecule has 4 heterocycles. The average molecular weight is 447 g/mol. The van der Waals surface area contributed by atoms with Crippen molar-refractivity contribution in [1.29, 1.82) is 0 Å². The zero-order valence-corrected chi connectivity index (χ0v) is 19.3. The van der Waals surface area contributed by atoms with Crippen LogP contribution in [0.2, 0.25) is 0 Å². The molecular weight excluding hydrogens is 420 g/mol. The van der Waals surface area contributed by atoms with Crippen LogP contribution >= 0.6 is 0 Å². The van der Waals surface area contributed by atoms with Crippen molar-refractivity contribution in [3.63, 3.8) is 0 Å². The van der Waals surface area contributed by atoms with Crippen LogP contribution in [0.15, 0.2) is 73.1 Å². The van der Waals surface area contributed by atoms with Gasteiger partial charge in [0.15, 0.2) is 0 Å². The number of aromatic amines is 2. The van der Waals surface area contributed by atoms with Gasteiger partial charge in [-0.3, -0.25) is 9.78 Å². The molecule has 5 nitrogen and oxygen atoms in total. The van der Waals surface area contributed by atoms with E-state index >= 15 is 0 Å². The van der Waals surface area contributed by atoms with Gasteiger partial charge in [0.05, 0.1) is 11.3 Å². The second kappa shape index (κ2) is 8.03. The van der Waals surface area contributed by atoms with Crippen LogP contribution in [-0.2, 0) is 6.42 Å². The summed E-state index contributed by atoms with van der Waals surface area (Å²) in [6, 6.07) is 21.4. The van der Waals surface area contributed by atoms with Crippen molar-refractivity contribution in [1.82, 2.24) is 20.3 Å². The summed E-state index contributed by atoms with van der Waals surface area (Å²) >= 11 is 0. The number of hydrogen-bond donors (Lipinski definition) is 3. The molecule has 1 amide bonds. The minimum absolute atomic E-state index is 0.00802. The first-order chi connectivity index (χ1) is 16.5. The molecule has 0 atom stereocenters. The van der Waals surface area contributed by atoms with Crippen LogP contribution < -0.4 is 5.32 Å². The van der Waals surface area contributed by atoms with Gasteiger partial charge >= 0.3 is 0 Å². The molecule has 1 aliphatic rings. The smallest absolute Gasteiger partial charge is 0.253 e. The van der Waals surface area contributed by atoms with E-state index < -0.39 is 0 Å². The Morgan fingerprint density at radius 1 is 0.882 bits per heavy atom. The fourth-order valence-corrected chi connectivity index (χ4v) is 4.73. The maximum atomic E-state index is 12.2. The zero-order valence-electron chi connectivity index (χ0n) is 19.3. The second-order valence-electron chi connectivity index (χ2n) is 9.29. The molecule has 1 aliphatic heterocycles. The van der Waals surface area contributed by atoms with Crippen molar-refractivity contribution in [3.05, 3.63) is 89.9 Å². The highest BCUT2D eigenvalue weighted by atomic mass is 16.1. The molecule has 2 aromatic carbocycles. The fraction of sp³-hybridized carbons (Fsp3) is 0.172. The molecule has 0 fully saturated rings. The summed E-state index contributed by atoms with van der Waals surface area (Å²) in [6.07, 6.45) is 4.64. The van der Waals surface area contributed by atoms with Crippen LogP contribution in [0, 0.1) is 0 Å². The Morgan fingerprint density at radius 3 is 2.62 bits per heavy atom. The number of aromatic nitrogens is 3. The first kappa shape index (κ1) is 20.5. The third-order valence-corrected chi connectivity index (χ3v) is 6.68. The number of rotatable bonds is 4. The number of benzene rings is 2. The highest BCUT2D eigenvalue weighted by Crippen LogP contribution is 2.33. The van der Waals surface area contributed by atoms with Gasteiger partial charge in [0.25, 0.3) is 5.91 Å². The third-order valence-electron chi connectivity index (χ3n) is 6.68. The molecule has 0 unspecified atom stereocenters. The van der Waals surface area contributed by atoms with E-state index in [0.717, 1.165) is 45.7 Å². The Morgan fingerprint density at radius 2 is 1.76 bits per heavy atom. The summed E-state index contributed by atoms with van der Waals surface area (Å²) in [5.74, 6) is 0.385. The Kier molecular flexibility index (Phi) is 4.84. The van der Waals surface area contributed by atoms with Crippen LogP contribution in [0.4, 0.5) is 0 Å². The minimum Gasteiger partial charge on any atom is -0.361 e. The standard InChI is InChI=1S/C29H26N4O/c1-17(2)21-11-22(19-4-3-18-5-8-30-26(18)14-19)13-23(12-21)27-15-20(6-9-31-27)28-16-24-25(33-28)7-10-32-29(24)34/h3-6,8-9,11-17,30,33H,7,10H2,1-2H3,(H,32,34). The van der Waals surface area contributed by atoms with Gasteiger partial charge in [-0.2, -0.15) is 0 Å². The zero-order chi connectivity index (χ0) is 23.2. The van der Waals surface area contributed by atoms with Gasteiger partial charge in [0.1, 0.15) is 0 Å². The first-order valence-electron chi connectivity index (χ1n) is 11.7. The largest absolute Gasteiger partial charge is 0.361 e. The lowest BCUT2D eigenvalue weighted by Gasteiger charge is -2.13. The topological polar surface area (TPSA) is 73.6 Å². The van der Waals surface area contributed by atoms with Crippen LogP contribution in [0.3, 0.4) is 0 Å². The maximum absolute atomic E-state index is 12.2. The Bertz CT molecular complexity index is 1540. The molecule has 168 valence electrons. The lowest BCUT2D eigenvalue weighted by molar-refractivity contribution is 0.0946. The van der Waals surface area contributed by atoms with E-state index in [0.29, 0.717) is 12.5 Å². The summed E-state index contributed by atoms with van der Waals surface area (Å²) < 4.78 is 0. The number of carbonyl (C=O) groups excluding carboxylic acids is 1.